The zero-order chi connectivity index (χ0) is 34.0. The van der Waals surface area contributed by atoms with Crippen LogP contribution < -0.4 is 10.6 Å². The van der Waals surface area contributed by atoms with E-state index in [1.807, 2.05) is 0 Å². The summed E-state index contributed by atoms with van der Waals surface area (Å²) in [5.41, 5.74) is 0. The van der Waals surface area contributed by atoms with Gasteiger partial charge in [0.05, 0.1) is 0 Å². The fraction of sp³-hybridized carbons (Fsp3) is 0.806. The monoisotopic (exact) mass is 643 g/mol. The van der Waals surface area contributed by atoms with Crippen LogP contribution in [0.3, 0.4) is 0 Å². The lowest BCUT2D eigenvalue weighted by Crippen LogP contribution is -2.31. The molecular weight excluding hydrogens is 586 g/mol. The van der Waals surface area contributed by atoms with Gasteiger partial charge < -0.3 is 10.6 Å². The van der Waals surface area contributed by atoms with Gasteiger partial charge in [-0.15, -0.1) is 0 Å². The number of rotatable bonds is 27. The molecule has 0 aromatic rings. The third-order valence-corrected chi connectivity index (χ3v) is 7.19. The number of nitrogens with zero attached hydrogens (tertiary/aromatic N) is 3. The van der Waals surface area contributed by atoms with E-state index in [9.17, 15) is 44.4 Å². The maximum absolute atomic E-state index is 12.1. The molecule has 0 atom stereocenters. The standard InChI is InChI=1S/C31H57N5O9/c1-4-5-6-11-22-35(44)30(41)18-15-27(38)33-21-10-8-13-24-36(45)31(42)19-16-28(39)32-20-9-7-12-23-34(43)29(40)17-14-26(37)25(2)3/h25,43-45H,4-24H2,1-3H3,(H,32,39)(H,33,38). The van der Waals surface area contributed by atoms with Gasteiger partial charge in [0.2, 0.25) is 29.5 Å². The second-order valence-electron chi connectivity index (χ2n) is 11.6. The molecule has 14 nitrogen and oxygen atoms in total. The Bertz CT molecular complexity index is 901. The van der Waals surface area contributed by atoms with Crippen LogP contribution in [0.5, 0.6) is 0 Å². The van der Waals surface area contributed by atoms with Crippen molar-refractivity contribution in [2.24, 2.45) is 5.92 Å². The van der Waals surface area contributed by atoms with Gasteiger partial charge >= 0.3 is 0 Å². The number of nitrogens with one attached hydrogen (secondary N) is 2. The van der Waals surface area contributed by atoms with Crippen LogP contribution in [0.1, 0.15) is 124 Å². The Kier molecular flexibility index (Phi) is 24.3. The molecule has 0 aliphatic heterocycles. The molecule has 0 bridgehead atoms. The van der Waals surface area contributed by atoms with Crippen LogP contribution in [-0.4, -0.2) is 98.9 Å². The zero-order valence-electron chi connectivity index (χ0n) is 27.6. The van der Waals surface area contributed by atoms with E-state index in [-0.39, 0.29) is 81.7 Å². The Morgan fingerprint density at radius 2 is 0.867 bits per heavy atom. The second-order valence-corrected chi connectivity index (χ2v) is 11.6. The van der Waals surface area contributed by atoms with Crippen LogP contribution in [0, 0.1) is 5.92 Å². The Balaban J connectivity index is 3.81. The van der Waals surface area contributed by atoms with Crippen LogP contribution in [0.25, 0.3) is 0 Å². The quantitative estimate of drug-likeness (QED) is 0.0506. The lowest BCUT2D eigenvalue weighted by Gasteiger charge is -2.15. The lowest BCUT2D eigenvalue weighted by atomic mass is 10.0. The maximum atomic E-state index is 12.1. The number of hydrogen-bond acceptors (Lipinski definition) is 9. The number of ketones is 1. The molecule has 5 amide bonds. The van der Waals surface area contributed by atoms with Crippen molar-refractivity contribution >= 4 is 35.3 Å². The first-order valence-corrected chi connectivity index (χ1v) is 16.4. The first kappa shape index (κ1) is 41.9. The number of hydrogen-bond donors (Lipinski definition) is 5. The molecule has 0 radical (unpaired) electrons. The van der Waals surface area contributed by atoms with E-state index >= 15 is 0 Å². The summed E-state index contributed by atoms with van der Waals surface area (Å²) in [6, 6.07) is 0. The molecule has 5 N–H and O–H groups in total. The fourth-order valence-electron chi connectivity index (χ4n) is 4.17. The highest BCUT2D eigenvalue weighted by Gasteiger charge is 2.16. The Morgan fingerprint density at radius 3 is 1.22 bits per heavy atom. The molecule has 14 heteroatoms. The van der Waals surface area contributed by atoms with Gasteiger partial charge in [0.15, 0.2) is 0 Å². The van der Waals surface area contributed by atoms with Crippen molar-refractivity contribution in [3.8, 4) is 0 Å². The van der Waals surface area contributed by atoms with Gasteiger partial charge in [0.25, 0.3) is 0 Å². The van der Waals surface area contributed by atoms with Crippen molar-refractivity contribution in [2.45, 2.75) is 124 Å². The average Bonchev–Trinajstić information content (AvgIpc) is 3.01. The van der Waals surface area contributed by atoms with Gasteiger partial charge in [-0.1, -0.05) is 40.0 Å². The Morgan fingerprint density at radius 1 is 0.511 bits per heavy atom. The number of hydroxylamine groups is 6. The molecule has 0 aliphatic rings. The van der Waals surface area contributed by atoms with Crippen molar-refractivity contribution in [3.05, 3.63) is 0 Å². The zero-order valence-corrected chi connectivity index (χ0v) is 27.6. The number of Topliss-reactive ketones (excluding diaryl/α,β-unsaturated/α-hetero) is 1. The normalized spacial score (nSPS) is 10.8. The van der Waals surface area contributed by atoms with Crippen molar-refractivity contribution in [1.29, 1.82) is 0 Å². The second kappa shape index (κ2) is 26.1. The minimum Gasteiger partial charge on any atom is -0.356 e. The largest absolute Gasteiger partial charge is 0.356 e. The summed E-state index contributed by atoms with van der Waals surface area (Å²) in [6.45, 7) is 6.88. The van der Waals surface area contributed by atoms with E-state index in [0.717, 1.165) is 25.7 Å². The van der Waals surface area contributed by atoms with Gasteiger partial charge in [-0.05, 0) is 44.9 Å². The number of carbonyl (C=O) groups is 6. The summed E-state index contributed by atoms with van der Waals surface area (Å²) in [5, 5.41) is 36.8. The summed E-state index contributed by atoms with van der Waals surface area (Å²) in [4.78, 5) is 71.3. The SMILES string of the molecule is CCCCCCN(O)C(=O)CCC(=O)NCCCCCN(O)C(=O)CCC(=O)NCCCCCN(O)C(=O)CCC(=O)C(C)C. The van der Waals surface area contributed by atoms with Crippen molar-refractivity contribution in [3.63, 3.8) is 0 Å². The predicted molar refractivity (Wildman–Crippen MR) is 166 cm³/mol. The summed E-state index contributed by atoms with van der Waals surface area (Å²) >= 11 is 0. The summed E-state index contributed by atoms with van der Waals surface area (Å²) in [6.07, 6.45) is 7.17. The molecule has 0 heterocycles. The van der Waals surface area contributed by atoms with Crippen molar-refractivity contribution in [2.75, 3.05) is 32.7 Å². The molecule has 0 spiro atoms. The topological polar surface area (TPSA) is 197 Å². The highest BCUT2D eigenvalue weighted by molar-refractivity contribution is 5.85. The van der Waals surface area contributed by atoms with E-state index in [4.69, 9.17) is 0 Å². The molecule has 260 valence electrons. The average molecular weight is 644 g/mol. The van der Waals surface area contributed by atoms with Gasteiger partial charge in [0.1, 0.15) is 5.78 Å². The van der Waals surface area contributed by atoms with Crippen molar-refractivity contribution in [1.82, 2.24) is 25.8 Å². The molecule has 0 saturated carbocycles. The minimum absolute atomic E-state index is 0.00835. The molecule has 45 heavy (non-hydrogen) atoms. The summed E-state index contributed by atoms with van der Waals surface area (Å²) in [5.74, 6) is -2.30. The first-order valence-electron chi connectivity index (χ1n) is 16.4. The minimum atomic E-state index is -0.561. The van der Waals surface area contributed by atoms with E-state index in [0.29, 0.717) is 66.8 Å². The highest BCUT2D eigenvalue weighted by Crippen LogP contribution is 2.06. The molecule has 0 fully saturated rings. The molecule has 0 saturated heterocycles. The van der Waals surface area contributed by atoms with Crippen molar-refractivity contribution < 1.29 is 44.4 Å². The molecule has 0 aliphatic carbocycles. The van der Waals surface area contributed by atoms with Gasteiger partial charge in [0, 0.05) is 77.2 Å². The first-order chi connectivity index (χ1) is 21.4. The molecule has 0 unspecified atom stereocenters. The molecular formula is C31H57N5O9. The Hall–Kier alpha value is -3.10. The Labute approximate surface area is 267 Å². The molecule has 0 aromatic heterocycles. The van der Waals surface area contributed by atoms with E-state index in [1.165, 1.54) is 0 Å². The van der Waals surface area contributed by atoms with Crippen LogP contribution in [0.4, 0.5) is 0 Å². The van der Waals surface area contributed by atoms with Gasteiger partial charge in [-0.2, -0.15) is 0 Å². The third-order valence-electron chi connectivity index (χ3n) is 7.19. The summed E-state index contributed by atoms with van der Waals surface area (Å²) < 4.78 is 0. The number of unbranched alkanes of at least 4 members (excludes halogenated alkanes) is 7. The van der Waals surface area contributed by atoms with Gasteiger partial charge in [-0.3, -0.25) is 44.4 Å². The summed E-state index contributed by atoms with van der Waals surface area (Å²) in [7, 11) is 0. The molecule has 0 rings (SSSR count). The number of amides is 5. The van der Waals surface area contributed by atoms with E-state index in [2.05, 4.69) is 17.6 Å². The maximum Gasteiger partial charge on any atom is 0.246 e. The fourth-order valence-corrected chi connectivity index (χ4v) is 4.17. The van der Waals surface area contributed by atoms with E-state index < -0.39 is 17.7 Å². The van der Waals surface area contributed by atoms with E-state index in [1.54, 1.807) is 13.8 Å². The highest BCUT2D eigenvalue weighted by atomic mass is 16.5. The third kappa shape index (κ3) is 23.0. The van der Waals surface area contributed by atoms with Gasteiger partial charge in [-0.25, -0.2) is 15.2 Å². The van der Waals surface area contributed by atoms with Crippen LogP contribution in [0.2, 0.25) is 0 Å². The predicted octanol–water partition coefficient (Wildman–Crippen LogP) is 3.36. The van der Waals surface area contributed by atoms with Crippen LogP contribution in [0.15, 0.2) is 0 Å². The lowest BCUT2D eigenvalue weighted by molar-refractivity contribution is -0.166. The smallest absolute Gasteiger partial charge is 0.246 e. The van der Waals surface area contributed by atoms with Crippen LogP contribution >= 0.6 is 0 Å². The van der Waals surface area contributed by atoms with Crippen LogP contribution in [-0.2, 0) is 28.8 Å². The molecule has 0 aromatic carbocycles. The number of carbonyl (C=O) groups excluding carboxylic acids is 6.